The van der Waals surface area contributed by atoms with Gasteiger partial charge in [0.15, 0.2) is 0 Å². The lowest BCUT2D eigenvalue weighted by Crippen LogP contribution is -2.35. The molecule has 3 N–H and O–H groups in total. The van der Waals surface area contributed by atoms with Crippen LogP contribution in [0.25, 0.3) is 17.1 Å². The second kappa shape index (κ2) is 9.30. The van der Waals surface area contributed by atoms with Crippen molar-refractivity contribution in [2.45, 2.75) is 6.54 Å². The molecule has 146 valence electrons. The SMILES string of the molecule is Cl.Cl.O=C1NC(NCc2ccc(Cl)c(Cl)c2)=NC1=Cc1c[nH]c2ncccc12. The average Bonchev–Trinajstić information content (AvgIpc) is 3.20. The van der Waals surface area contributed by atoms with E-state index in [0.29, 0.717) is 28.2 Å². The number of aromatic nitrogens is 2. The number of H-pyrrole nitrogens is 1. The van der Waals surface area contributed by atoms with Crippen LogP contribution in [0.15, 0.2) is 53.4 Å². The van der Waals surface area contributed by atoms with Crippen LogP contribution >= 0.6 is 48.0 Å². The predicted octanol–water partition coefficient (Wildman–Crippen LogP) is 4.33. The first-order chi connectivity index (χ1) is 12.6. The Bertz CT molecular complexity index is 1080. The molecule has 1 aromatic carbocycles. The van der Waals surface area contributed by atoms with E-state index in [1.54, 1.807) is 30.6 Å². The van der Waals surface area contributed by atoms with Gasteiger partial charge in [-0.05, 0) is 35.9 Å². The maximum Gasteiger partial charge on any atom is 0.276 e. The van der Waals surface area contributed by atoms with Gasteiger partial charge in [0.2, 0.25) is 5.96 Å². The van der Waals surface area contributed by atoms with Crippen LogP contribution in [0.1, 0.15) is 11.1 Å². The Labute approximate surface area is 183 Å². The summed E-state index contributed by atoms with van der Waals surface area (Å²) >= 11 is 11.9. The third kappa shape index (κ3) is 4.59. The van der Waals surface area contributed by atoms with Crippen molar-refractivity contribution < 1.29 is 4.79 Å². The van der Waals surface area contributed by atoms with E-state index in [2.05, 4.69) is 25.6 Å². The number of nitrogens with zero attached hydrogens (tertiary/aromatic N) is 2. The molecule has 0 saturated carbocycles. The van der Waals surface area contributed by atoms with Crippen molar-refractivity contribution in [1.82, 2.24) is 20.6 Å². The van der Waals surface area contributed by atoms with Crippen molar-refractivity contribution in [1.29, 1.82) is 0 Å². The monoisotopic (exact) mass is 457 g/mol. The van der Waals surface area contributed by atoms with Gasteiger partial charge < -0.3 is 10.3 Å². The molecule has 0 aliphatic carbocycles. The van der Waals surface area contributed by atoms with Gasteiger partial charge in [0, 0.05) is 29.9 Å². The van der Waals surface area contributed by atoms with Crippen LogP contribution in [0.2, 0.25) is 10.0 Å². The van der Waals surface area contributed by atoms with Crippen molar-refractivity contribution in [3.8, 4) is 0 Å². The number of nitrogens with one attached hydrogen (secondary N) is 3. The fourth-order valence-electron chi connectivity index (χ4n) is 2.63. The number of benzene rings is 1. The van der Waals surface area contributed by atoms with Crippen LogP contribution in [0.4, 0.5) is 0 Å². The Morgan fingerprint density at radius 1 is 1.14 bits per heavy atom. The summed E-state index contributed by atoms with van der Waals surface area (Å²) in [4.78, 5) is 23.8. The number of rotatable bonds is 3. The second-order valence-corrected chi connectivity index (χ2v) is 6.50. The molecule has 6 nitrogen and oxygen atoms in total. The van der Waals surface area contributed by atoms with E-state index in [9.17, 15) is 4.79 Å². The van der Waals surface area contributed by atoms with Crippen molar-refractivity contribution >= 4 is 77.0 Å². The van der Waals surface area contributed by atoms with Gasteiger partial charge in [-0.1, -0.05) is 29.3 Å². The third-order valence-corrected chi connectivity index (χ3v) is 4.66. The van der Waals surface area contributed by atoms with E-state index in [1.165, 1.54) is 0 Å². The molecule has 3 heterocycles. The molecule has 3 aromatic rings. The predicted molar refractivity (Wildman–Crippen MR) is 117 cm³/mol. The molecular formula is C18H15Cl4N5O. The Morgan fingerprint density at radius 3 is 2.75 bits per heavy atom. The van der Waals surface area contributed by atoms with Crippen LogP contribution in [-0.4, -0.2) is 21.8 Å². The number of pyridine rings is 1. The average molecular weight is 459 g/mol. The molecule has 1 amide bonds. The summed E-state index contributed by atoms with van der Waals surface area (Å²) in [7, 11) is 0. The molecular weight excluding hydrogens is 444 g/mol. The van der Waals surface area contributed by atoms with E-state index in [-0.39, 0.29) is 30.7 Å². The van der Waals surface area contributed by atoms with Gasteiger partial charge in [0.25, 0.3) is 5.91 Å². The Hall–Kier alpha value is -2.25. The minimum Gasteiger partial charge on any atom is -0.352 e. The van der Waals surface area contributed by atoms with E-state index < -0.39 is 0 Å². The summed E-state index contributed by atoms with van der Waals surface area (Å²) in [5.41, 5.74) is 2.87. The van der Waals surface area contributed by atoms with Gasteiger partial charge in [0.05, 0.1) is 10.0 Å². The molecule has 0 atom stereocenters. The Kier molecular flexibility index (Phi) is 7.32. The van der Waals surface area contributed by atoms with Gasteiger partial charge >= 0.3 is 0 Å². The van der Waals surface area contributed by atoms with Gasteiger partial charge in [-0.3, -0.25) is 10.1 Å². The van der Waals surface area contributed by atoms with Crippen molar-refractivity contribution in [3.05, 3.63) is 69.6 Å². The molecule has 0 bridgehead atoms. The molecule has 28 heavy (non-hydrogen) atoms. The number of halogens is 4. The highest BCUT2D eigenvalue weighted by Crippen LogP contribution is 2.23. The molecule has 2 aromatic heterocycles. The summed E-state index contributed by atoms with van der Waals surface area (Å²) < 4.78 is 0. The number of amides is 1. The number of carbonyl (C=O) groups is 1. The maximum absolute atomic E-state index is 12.2. The molecule has 10 heteroatoms. The Balaban J connectivity index is 0.00000140. The number of aromatic amines is 1. The fraction of sp³-hybridized carbons (Fsp3) is 0.0556. The smallest absolute Gasteiger partial charge is 0.276 e. The van der Waals surface area contributed by atoms with Gasteiger partial charge in [-0.2, -0.15) is 0 Å². The normalized spacial score (nSPS) is 14.3. The molecule has 0 spiro atoms. The van der Waals surface area contributed by atoms with E-state index >= 15 is 0 Å². The summed E-state index contributed by atoms with van der Waals surface area (Å²) in [5, 5.41) is 7.70. The first kappa shape index (κ1) is 22.0. The lowest BCUT2D eigenvalue weighted by molar-refractivity contribution is -0.115. The minimum absolute atomic E-state index is 0. The molecule has 4 rings (SSSR count). The number of fused-ring (bicyclic) bond motifs is 1. The summed E-state index contributed by atoms with van der Waals surface area (Å²) in [5.74, 6) is 0.130. The highest BCUT2D eigenvalue weighted by atomic mass is 35.5. The van der Waals surface area contributed by atoms with Gasteiger partial charge in [0.1, 0.15) is 11.3 Å². The van der Waals surface area contributed by atoms with Crippen LogP contribution < -0.4 is 10.6 Å². The zero-order valence-electron chi connectivity index (χ0n) is 14.2. The first-order valence-electron chi connectivity index (χ1n) is 7.82. The largest absolute Gasteiger partial charge is 0.352 e. The highest BCUT2D eigenvalue weighted by Gasteiger charge is 2.20. The number of aliphatic imine (C=N–C) groups is 1. The summed E-state index contributed by atoms with van der Waals surface area (Å²) in [6.45, 7) is 0.459. The minimum atomic E-state index is -0.264. The first-order valence-corrected chi connectivity index (χ1v) is 8.57. The molecule has 1 aliphatic rings. The summed E-state index contributed by atoms with van der Waals surface area (Å²) in [6.07, 6.45) is 5.24. The maximum atomic E-state index is 12.2. The van der Waals surface area contributed by atoms with Crippen molar-refractivity contribution in [3.63, 3.8) is 0 Å². The number of hydrogen-bond acceptors (Lipinski definition) is 4. The molecule has 0 radical (unpaired) electrons. The van der Waals surface area contributed by atoms with E-state index in [1.807, 2.05) is 18.2 Å². The number of hydrogen-bond donors (Lipinski definition) is 3. The topological polar surface area (TPSA) is 82.2 Å². The molecule has 0 unspecified atom stereocenters. The number of guanidine groups is 1. The zero-order chi connectivity index (χ0) is 18.1. The van der Waals surface area contributed by atoms with Crippen molar-refractivity contribution in [2.24, 2.45) is 4.99 Å². The molecule has 1 aliphatic heterocycles. The second-order valence-electron chi connectivity index (χ2n) is 5.69. The van der Waals surface area contributed by atoms with Gasteiger partial charge in [-0.15, -0.1) is 24.8 Å². The lowest BCUT2D eigenvalue weighted by atomic mass is 10.2. The van der Waals surface area contributed by atoms with Crippen LogP contribution in [0.3, 0.4) is 0 Å². The van der Waals surface area contributed by atoms with Crippen LogP contribution in [0, 0.1) is 0 Å². The van der Waals surface area contributed by atoms with E-state index in [4.69, 9.17) is 23.2 Å². The quantitative estimate of drug-likeness (QED) is 0.511. The standard InChI is InChI=1S/C18H13Cl2N5O.2ClH/c19-13-4-3-10(6-14(13)20)8-23-18-24-15(17(26)25-18)7-11-9-22-16-12(11)2-1-5-21-16;;/h1-7,9H,8H2,(H,21,22)(H2,23,24,25,26);2*1H. The fourth-order valence-corrected chi connectivity index (χ4v) is 2.95. The van der Waals surface area contributed by atoms with Crippen molar-refractivity contribution in [2.75, 3.05) is 0 Å². The van der Waals surface area contributed by atoms with E-state index in [0.717, 1.165) is 22.2 Å². The highest BCUT2D eigenvalue weighted by molar-refractivity contribution is 6.42. The van der Waals surface area contributed by atoms with Crippen LogP contribution in [0.5, 0.6) is 0 Å². The van der Waals surface area contributed by atoms with Crippen LogP contribution in [-0.2, 0) is 11.3 Å². The Morgan fingerprint density at radius 2 is 1.96 bits per heavy atom. The lowest BCUT2D eigenvalue weighted by Gasteiger charge is -2.06. The van der Waals surface area contributed by atoms with Gasteiger partial charge in [-0.25, -0.2) is 9.98 Å². The molecule has 0 fully saturated rings. The zero-order valence-corrected chi connectivity index (χ0v) is 17.3. The number of carbonyl (C=O) groups excluding carboxylic acids is 1. The molecule has 0 saturated heterocycles. The summed E-state index contributed by atoms with van der Waals surface area (Å²) in [6, 6.07) is 9.14. The third-order valence-electron chi connectivity index (χ3n) is 3.92.